The van der Waals surface area contributed by atoms with Gasteiger partial charge in [-0.2, -0.15) is 0 Å². The molecule has 0 N–H and O–H groups in total. The molecule has 1 amide bonds. The van der Waals surface area contributed by atoms with Gasteiger partial charge in [0, 0.05) is 35.6 Å². The second-order valence-corrected chi connectivity index (χ2v) is 7.57. The monoisotopic (exact) mass is 342 g/mol. The van der Waals surface area contributed by atoms with E-state index < -0.39 is 0 Å². The van der Waals surface area contributed by atoms with Gasteiger partial charge in [-0.15, -0.1) is 11.3 Å². The largest absolute Gasteiger partial charge is 0.493 e. The Bertz CT molecular complexity index is 742. The minimum atomic E-state index is -0.0632. The standard InChI is InChI=1S/C19H22N2O2S/c1-13-12-24-18(20-13)14-5-4-9-21(11-14)19(22)16-8-10-23-17-7-3-2-6-15(16)17/h2-3,6-7,12,14,16H,4-5,8-11H2,1H3/t14-,16+/m1/s1. The number of carbonyl (C=O) groups excluding carboxylic acids is 1. The first-order chi connectivity index (χ1) is 11.7. The van der Waals surface area contributed by atoms with Gasteiger partial charge in [0.15, 0.2) is 0 Å². The molecule has 24 heavy (non-hydrogen) atoms. The first kappa shape index (κ1) is 15.6. The highest BCUT2D eigenvalue weighted by molar-refractivity contribution is 7.09. The molecule has 1 aromatic carbocycles. The molecule has 1 fully saturated rings. The Kier molecular flexibility index (Phi) is 4.27. The first-order valence-corrected chi connectivity index (χ1v) is 9.53. The molecule has 0 radical (unpaired) electrons. The molecule has 2 aromatic rings. The lowest BCUT2D eigenvalue weighted by Gasteiger charge is -2.35. The van der Waals surface area contributed by atoms with Crippen LogP contribution in [0, 0.1) is 6.92 Å². The van der Waals surface area contributed by atoms with E-state index in [4.69, 9.17) is 4.74 Å². The maximum atomic E-state index is 13.2. The van der Waals surface area contributed by atoms with Crippen molar-refractivity contribution >= 4 is 17.2 Å². The zero-order chi connectivity index (χ0) is 16.5. The second-order valence-electron chi connectivity index (χ2n) is 6.68. The molecule has 126 valence electrons. The average Bonchev–Trinajstić information content (AvgIpc) is 3.07. The normalized spacial score (nSPS) is 23.5. The van der Waals surface area contributed by atoms with E-state index in [1.54, 1.807) is 11.3 Å². The van der Waals surface area contributed by atoms with Crippen LogP contribution in [0.3, 0.4) is 0 Å². The van der Waals surface area contributed by atoms with Crippen molar-refractivity contribution in [2.75, 3.05) is 19.7 Å². The fraction of sp³-hybridized carbons (Fsp3) is 0.474. The van der Waals surface area contributed by atoms with E-state index in [-0.39, 0.29) is 11.8 Å². The molecule has 2 aliphatic rings. The van der Waals surface area contributed by atoms with Gasteiger partial charge in [0.2, 0.25) is 5.91 Å². The van der Waals surface area contributed by atoms with Crippen LogP contribution in [0.4, 0.5) is 0 Å². The van der Waals surface area contributed by atoms with Crippen molar-refractivity contribution in [2.45, 2.75) is 38.0 Å². The fourth-order valence-corrected chi connectivity index (χ4v) is 4.68. The molecule has 2 atom stereocenters. The number of hydrogen-bond acceptors (Lipinski definition) is 4. The molecule has 0 aliphatic carbocycles. The van der Waals surface area contributed by atoms with Crippen LogP contribution in [0.5, 0.6) is 5.75 Å². The van der Waals surface area contributed by atoms with E-state index >= 15 is 0 Å². The predicted octanol–water partition coefficient (Wildman–Crippen LogP) is 3.72. The van der Waals surface area contributed by atoms with Gasteiger partial charge in [-0.25, -0.2) is 4.98 Å². The van der Waals surface area contributed by atoms with Crippen molar-refractivity contribution in [2.24, 2.45) is 0 Å². The molecule has 0 spiro atoms. The third kappa shape index (κ3) is 2.93. The average molecular weight is 342 g/mol. The number of piperidine rings is 1. The molecule has 1 aromatic heterocycles. The maximum Gasteiger partial charge on any atom is 0.230 e. The van der Waals surface area contributed by atoms with E-state index in [9.17, 15) is 4.79 Å². The molecule has 2 aliphatic heterocycles. The number of fused-ring (bicyclic) bond motifs is 1. The van der Waals surface area contributed by atoms with E-state index in [1.807, 2.05) is 31.2 Å². The molecular formula is C19H22N2O2S. The number of carbonyl (C=O) groups is 1. The van der Waals surface area contributed by atoms with Crippen molar-refractivity contribution in [1.82, 2.24) is 9.88 Å². The molecule has 4 nitrogen and oxygen atoms in total. The number of nitrogens with zero attached hydrogens (tertiary/aromatic N) is 2. The Morgan fingerprint density at radius 3 is 3.04 bits per heavy atom. The molecule has 0 saturated carbocycles. The number of aromatic nitrogens is 1. The zero-order valence-electron chi connectivity index (χ0n) is 13.9. The van der Waals surface area contributed by atoms with Crippen molar-refractivity contribution < 1.29 is 9.53 Å². The molecule has 4 rings (SSSR count). The third-order valence-corrected chi connectivity index (χ3v) is 6.10. The summed E-state index contributed by atoms with van der Waals surface area (Å²) in [5, 5.41) is 3.28. The van der Waals surface area contributed by atoms with Crippen LogP contribution in [0.25, 0.3) is 0 Å². The minimum Gasteiger partial charge on any atom is -0.493 e. The topological polar surface area (TPSA) is 42.4 Å². The number of benzene rings is 1. The van der Waals surface area contributed by atoms with Crippen LogP contribution in [-0.4, -0.2) is 35.5 Å². The number of likely N-dealkylation sites (tertiary alicyclic amines) is 1. The van der Waals surface area contributed by atoms with Gasteiger partial charge in [-0.05, 0) is 32.3 Å². The summed E-state index contributed by atoms with van der Waals surface area (Å²) in [6, 6.07) is 7.95. The maximum absolute atomic E-state index is 13.2. The van der Waals surface area contributed by atoms with Crippen LogP contribution in [0.15, 0.2) is 29.6 Å². The number of ether oxygens (including phenoxy) is 1. The second kappa shape index (κ2) is 6.55. The van der Waals surface area contributed by atoms with Crippen molar-refractivity contribution in [3.63, 3.8) is 0 Å². The van der Waals surface area contributed by atoms with Gasteiger partial charge >= 0.3 is 0 Å². The molecule has 1 saturated heterocycles. The van der Waals surface area contributed by atoms with Gasteiger partial charge in [0.25, 0.3) is 0 Å². The van der Waals surface area contributed by atoms with Gasteiger partial charge in [0.05, 0.1) is 17.5 Å². The highest BCUT2D eigenvalue weighted by atomic mass is 32.1. The lowest BCUT2D eigenvalue weighted by atomic mass is 9.90. The summed E-state index contributed by atoms with van der Waals surface area (Å²) in [4.78, 5) is 19.8. The lowest BCUT2D eigenvalue weighted by molar-refractivity contribution is -0.134. The highest BCUT2D eigenvalue weighted by Gasteiger charge is 2.34. The Balaban J connectivity index is 1.52. The van der Waals surface area contributed by atoms with E-state index in [0.717, 1.165) is 49.4 Å². The van der Waals surface area contributed by atoms with Gasteiger partial charge in [-0.3, -0.25) is 4.79 Å². The summed E-state index contributed by atoms with van der Waals surface area (Å²) in [5.41, 5.74) is 2.12. The van der Waals surface area contributed by atoms with E-state index in [2.05, 4.69) is 15.3 Å². The Labute approximate surface area is 146 Å². The molecule has 0 bridgehead atoms. The predicted molar refractivity (Wildman–Crippen MR) is 94.7 cm³/mol. The van der Waals surface area contributed by atoms with Crippen molar-refractivity contribution in [3.05, 3.63) is 45.9 Å². The van der Waals surface area contributed by atoms with Crippen molar-refractivity contribution in [1.29, 1.82) is 0 Å². The van der Waals surface area contributed by atoms with Crippen LogP contribution >= 0.6 is 11.3 Å². The number of aryl methyl sites for hydroxylation is 1. The Morgan fingerprint density at radius 2 is 2.21 bits per heavy atom. The lowest BCUT2D eigenvalue weighted by Crippen LogP contribution is -2.42. The zero-order valence-corrected chi connectivity index (χ0v) is 14.7. The van der Waals surface area contributed by atoms with Crippen LogP contribution < -0.4 is 4.74 Å². The summed E-state index contributed by atoms with van der Waals surface area (Å²) in [5.74, 6) is 1.44. The smallest absolute Gasteiger partial charge is 0.230 e. The number of para-hydroxylation sites is 1. The summed E-state index contributed by atoms with van der Waals surface area (Å²) < 4.78 is 5.71. The minimum absolute atomic E-state index is 0.0632. The Hall–Kier alpha value is -1.88. The molecule has 3 heterocycles. The highest BCUT2D eigenvalue weighted by Crippen LogP contribution is 2.36. The summed E-state index contributed by atoms with van der Waals surface area (Å²) >= 11 is 1.72. The van der Waals surface area contributed by atoms with E-state index in [1.165, 1.54) is 5.01 Å². The molecular weight excluding hydrogens is 320 g/mol. The quantitative estimate of drug-likeness (QED) is 0.835. The first-order valence-electron chi connectivity index (χ1n) is 8.65. The number of thiazole rings is 1. The van der Waals surface area contributed by atoms with Gasteiger partial charge in [0.1, 0.15) is 5.75 Å². The van der Waals surface area contributed by atoms with Crippen LogP contribution in [-0.2, 0) is 4.79 Å². The molecule has 0 unspecified atom stereocenters. The van der Waals surface area contributed by atoms with Crippen molar-refractivity contribution in [3.8, 4) is 5.75 Å². The molecule has 5 heteroatoms. The summed E-state index contributed by atoms with van der Waals surface area (Å²) in [7, 11) is 0. The Morgan fingerprint density at radius 1 is 1.33 bits per heavy atom. The van der Waals surface area contributed by atoms with Crippen LogP contribution in [0.2, 0.25) is 0 Å². The number of amides is 1. The summed E-state index contributed by atoms with van der Waals surface area (Å²) in [6.07, 6.45) is 2.95. The number of hydrogen-bond donors (Lipinski definition) is 0. The number of rotatable bonds is 2. The fourth-order valence-electron chi connectivity index (χ4n) is 3.76. The third-order valence-electron chi connectivity index (χ3n) is 4.98. The van der Waals surface area contributed by atoms with Gasteiger partial charge in [-0.1, -0.05) is 18.2 Å². The summed E-state index contributed by atoms with van der Waals surface area (Å²) in [6.45, 7) is 4.31. The van der Waals surface area contributed by atoms with Gasteiger partial charge < -0.3 is 9.64 Å². The van der Waals surface area contributed by atoms with E-state index in [0.29, 0.717) is 12.5 Å². The van der Waals surface area contributed by atoms with Crippen LogP contribution in [0.1, 0.15) is 47.4 Å². The SMILES string of the molecule is Cc1csc([C@@H]2CCCN(C(=O)[C@H]3CCOc4ccccc43)C2)n1.